The monoisotopic (exact) mass is 358 g/mol. The molecule has 2 aromatic carbocycles. The van der Waals surface area contributed by atoms with E-state index >= 15 is 0 Å². The molecule has 5 nitrogen and oxygen atoms in total. The molecule has 0 saturated carbocycles. The number of nitrogens with one attached hydrogen (secondary N) is 1. The number of nitrogens with zero attached hydrogens (tertiary/aromatic N) is 1. The summed E-state index contributed by atoms with van der Waals surface area (Å²) in [6.07, 6.45) is 1.35. The summed E-state index contributed by atoms with van der Waals surface area (Å²) in [5.74, 6) is -0.118. The summed E-state index contributed by atoms with van der Waals surface area (Å²) in [4.78, 5) is 12.3. The van der Waals surface area contributed by atoms with Crippen LogP contribution in [-0.2, 0) is 4.79 Å². The molecular formula is C19H16F2N2O3. The van der Waals surface area contributed by atoms with Gasteiger partial charge in [0.2, 0.25) is 0 Å². The second-order valence-corrected chi connectivity index (χ2v) is 5.00. The highest BCUT2D eigenvalue weighted by molar-refractivity contribution is 6.10. The van der Waals surface area contributed by atoms with E-state index in [-0.39, 0.29) is 11.3 Å². The molecule has 0 bridgehead atoms. The zero-order valence-electron chi connectivity index (χ0n) is 13.9. The smallest absolute Gasteiger partial charge is 0.387 e. The average Bonchev–Trinajstić information content (AvgIpc) is 2.62. The lowest BCUT2D eigenvalue weighted by atomic mass is 10.1. The Morgan fingerprint density at radius 1 is 1.23 bits per heavy atom. The molecule has 0 spiro atoms. The number of para-hydroxylation sites is 2. The lowest BCUT2D eigenvalue weighted by Gasteiger charge is -2.10. The molecule has 26 heavy (non-hydrogen) atoms. The first-order chi connectivity index (χ1) is 12.5. The van der Waals surface area contributed by atoms with Gasteiger partial charge in [0.1, 0.15) is 23.1 Å². The van der Waals surface area contributed by atoms with Gasteiger partial charge in [-0.15, -0.1) is 0 Å². The van der Waals surface area contributed by atoms with Crippen LogP contribution >= 0.6 is 0 Å². The first-order valence-corrected chi connectivity index (χ1v) is 7.73. The zero-order chi connectivity index (χ0) is 18.9. The van der Waals surface area contributed by atoms with E-state index in [1.165, 1.54) is 30.3 Å². The third-order valence-electron chi connectivity index (χ3n) is 3.22. The number of rotatable bonds is 7. The van der Waals surface area contributed by atoms with Gasteiger partial charge in [-0.1, -0.05) is 24.3 Å². The number of amides is 1. The number of anilines is 1. The SMILES string of the molecule is CCOc1ccccc1NC(=O)/C(C#N)=C/c1ccc(OC(F)F)cc1. The highest BCUT2D eigenvalue weighted by Crippen LogP contribution is 2.24. The standard InChI is InChI=1S/C19H16F2N2O3/c1-2-25-17-6-4-3-5-16(17)23-18(24)14(12-22)11-13-7-9-15(10-8-13)26-19(20)21/h3-11,19H,2H2,1H3,(H,23,24)/b14-11+. The minimum absolute atomic E-state index is 0.00856. The molecule has 1 N–H and O–H groups in total. The summed E-state index contributed by atoms with van der Waals surface area (Å²) in [7, 11) is 0. The third-order valence-corrected chi connectivity index (χ3v) is 3.22. The van der Waals surface area contributed by atoms with E-state index in [1.807, 2.05) is 13.0 Å². The number of halogens is 2. The Kier molecular flexibility index (Phi) is 6.68. The fourth-order valence-electron chi connectivity index (χ4n) is 2.10. The predicted molar refractivity (Wildman–Crippen MR) is 92.9 cm³/mol. The molecule has 2 rings (SSSR count). The molecule has 0 fully saturated rings. The maximum atomic E-state index is 12.3. The summed E-state index contributed by atoms with van der Waals surface area (Å²) in [5, 5.41) is 11.9. The van der Waals surface area contributed by atoms with E-state index in [2.05, 4.69) is 10.1 Å². The lowest BCUT2D eigenvalue weighted by Crippen LogP contribution is -2.14. The summed E-state index contributed by atoms with van der Waals surface area (Å²) in [6.45, 7) is -0.663. The molecule has 0 heterocycles. The first-order valence-electron chi connectivity index (χ1n) is 7.73. The van der Waals surface area contributed by atoms with Crippen LogP contribution in [-0.4, -0.2) is 19.1 Å². The van der Waals surface area contributed by atoms with Gasteiger partial charge in [0.05, 0.1) is 12.3 Å². The average molecular weight is 358 g/mol. The molecule has 0 radical (unpaired) electrons. The van der Waals surface area contributed by atoms with E-state index in [9.17, 15) is 18.8 Å². The number of benzene rings is 2. The van der Waals surface area contributed by atoms with Gasteiger partial charge in [0.25, 0.3) is 5.91 Å². The van der Waals surface area contributed by atoms with Crippen LogP contribution in [0.1, 0.15) is 12.5 Å². The van der Waals surface area contributed by atoms with Crippen molar-refractivity contribution < 1.29 is 23.0 Å². The zero-order valence-corrected chi connectivity index (χ0v) is 13.9. The number of ether oxygens (including phenoxy) is 2. The normalized spacial score (nSPS) is 11.0. The molecule has 1 amide bonds. The fourth-order valence-corrected chi connectivity index (χ4v) is 2.10. The lowest BCUT2D eigenvalue weighted by molar-refractivity contribution is -0.112. The maximum Gasteiger partial charge on any atom is 0.387 e. The van der Waals surface area contributed by atoms with Crippen LogP contribution in [0.5, 0.6) is 11.5 Å². The van der Waals surface area contributed by atoms with Crippen molar-refractivity contribution >= 4 is 17.7 Å². The Labute approximate surface area is 149 Å². The molecule has 0 saturated heterocycles. The maximum absolute atomic E-state index is 12.3. The topological polar surface area (TPSA) is 71.3 Å². The van der Waals surface area contributed by atoms with Crippen molar-refractivity contribution in [3.8, 4) is 17.6 Å². The molecule has 0 aliphatic rings. The van der Waals surface area contributed by atoms with E-state index < -0.39 is 12.5 Å². The molecule has 0 aliphatic carbocycles. The van der Waals surface area contributed by atoms with Gasteiger partial charge in [0.15, 0.2) is 0 Å². The highest BCUT2D eigenvalue weighted by Gasteiger charge is 2.12. The number of carbonyl (C=O) groups excluding carboxylic acids is 1. The Balaban J connectivity index is 2.16. The summed E-state index contributed by atoms with van der Waals surface area (Å²) >= 11 is 0. The van der Waals surface area contributed by atoms with E-state index in [0.29, 0.717) is 23.6 Å². The van der Waals surface area contributed by atoms with Crippen LogP contribution in [0.3, 0.4) is 0 Å². The Bertz CT molecular complexity index is 827. The summed E-state index contributed by atoms with van der Waals surface area (Å²) < 4.78 is 34.0. The molecule has 0 atom stereocenters. The first kappa shape index (κ1) is 18.9. The van der Waals surface area contributed by atoms with Gasteiger partial charge in [-0.25, -0.2) is 0 Å². The van der Waals surface area contributed by atoms with Crippen molar-refractivity contribution in [1.82, 2.24) is 0 Å². The van der Waals surface area contributed by atoms with Gasteiger partial charge in [-0.2, -0.15) is 14.0 Å². The minimum atomic E-state index is -2.91. The van der Waals surface area contributed by atoms with Crippen LogP contribution in [0.2, 0.25) is 0 Å². The van der Waals surface area contributed by atoms with Crippen molar-refractivity contribution in [2.24, 2.45) is 0 Å². The number of nitriles is 1. The summed E-state index contributed by atoms with van der Waals surface area (Å²) in [6, 6.07) is 14.3. The molecule has 2 aromatic rings. The Morgan fingerprint density at radius 3 is 2.54 bits per heavy atom. The molecule has 0 aromatic heterocycles. The van der Waals surface area contributed by atoms with Crippen LogP contribution in [0.15, 0.2) is 54.1 Å². The molecule has 0 aliphatic heterocycles. The second kappa shape index (κ2) is 9.18. The molecule has 0 unspecified atom stereocenters. The largest absolute Gasteiger partial charge is 0.492 e. The van der Waals surface area contributed by atoms with E-state index in [0.717, 1.165) is 0 Å². The number of alkyl halides is 2. The van der Waals surface area contributed by atoms with Crippen molar-refractivity contribution in [3.05, 3.63) is 59.7 Å². The van der Waals surface area contributed by atoms with Crippen LogP contribution in [0, 0.1) is 11.3 Å². The number of carbonyl (C=O) groups is 1. The van der Waals surface area contributed by atoms with Crippen molar-refractivity contribution in [2.75, 3.05) is 11.9 Å². The van der Waals surface area contributed by atoms with E-state index in [4.69, 9.17) is 4.74 Å². The van der Waals surface area contributed by atoms with Gasteiger partial charge in [-0.3, -0.25) is 4.79 Å². The third kappa shape index (κ3) is 5.31. The predicted octanol–water partition coefficient (Wildman–Crippen LogP) is 4.23. The fraction of sp³-hybridized carbons (Fsp3) is 0.158. The molecule has 134 valence electrons. The molecular weight excluding hydrogens is 342 g/mol. The summed E-state index contributed by atoms with van der Waals surface area (Å²) in [5.41, 5.74) is 0.802. The van der Waals surface area contributed by atoms with Crippen LogP contribution in [0.25, 0.3) is 6.08 Å². The molecule has 7 heteroatoms. The van der Waals surface area contributed by atoms with Crippen molar-refractivity contribution in [1.29, 1.82) is 5.26 Å². The Hall–Kier alpha value is -3.40. The Morgan fingerprint density at radius 2 is 1.92 bits per heavy atom. The van der Waals surface area contributed by atoms with Crippen LogP contribution in [0.4, 0.5) is 14.5 Å². The quantitative estimate of drug-likeness (QED) is 0.594. The van der Waals surface area contributed by atoms with Crippen LogP contribution < -0.4 is 14.8 Å². The highest BCUT2D eigenvalue weighted by atomic mass is 19.3. The second-order valence-electron chi connectivity index (χ2n) is 5.00. The van der Waals surface area contributed by atoms with Gasteiger partial charge >= 0.3 is 6.61 Å². The van der Waals surface area contributed by atoms with Gasteiger partial charge in [0, 0.05) is 0 Å². The van der Waals surface area contributed by atoms with Crippen molar-refractivity contribution in [2.45, 2.75) is 13.5 Å². The number of hydrogen-bond acceptors (Lipinski definition) is 4. The minimum Gasteiger partial charge on any atom is -0.492 e. The van der Waals surface area contributed by atoms with Gasteiger partial charge < -0.3 is 14.8 Å². The number of hydrogen-bond donors (Lipinski definition) is 1. The van der Waals surface area contributed by atoms with Gasteiger partial charge in [-0.05, 0) is 42.8 Å². The van der Waals surface area contributed by atoms with E-state index in [1.54, 1.807) is 24.3 Å². The van der Waals surface area contributed by atoms with Crippen molar-refractivity contribution in [3.63, 3.8) is 0 Å².